The number of aromatic nitrogens is 1. The molecule has 2 heteroatoms. The monoisotopic (exact) mass is 223 g/mol. The second kappa shape index (κ2) is 2.94. The maximum Gasteiger partial charge on any atom is 0.0491 e. The van der Waals surface area contributed by atoms with E-state index >= 15 is 0 Å². The van der Waals surface area contributed by atoms with Gasteiger partial charge in [-0.25, -0.2) is 0 Å². The number of rotatable bonds is 1. The van der Waals surface area contributed by atoms with Crippen LogP contribution >= 0.6 is 15.9 Å². The highest BCUT2D eigenvalue weighted by atomic mass is 79.9. The van der Waals surface area contributed by atoms with Crippen molar-refractivity contribution < 1.29 is 0 Å². The molecular formula is C10H10BrN. The van der Waals surface area contributed by atoms with E-state index in [4.69, 9.17) is 0 Å². The van der Waals surface area contributed by atoms with Gasteiger partial charge in [-0.15, -0.1) is 0 Å². The van der Waals surface area contributed by atoms with E-state index in [0.29, 0.717) is 0 Å². The maximum absolute atomic E-state index is 3.53. The standard InChI is InChI=1S/C10H10BrN/c1-2-12-7-6-8-9(11)4-3-5-10(8)12/h3-7H,2H2,1H3. The number of hydrogen-bond donors (Lipinski definition) is 0. The van der Waals surface area contributed by atoms with Crippen LogP contribution in [-0.2, 0) is 6.54 Å². The molecule has 0 saturated heterocycles. The van der Waals surface area contributed by atoms with Crippen LogP contribution in [0.1, 0.15) is 6.92 Å². The van der Waals surface area contributed by atoms with Gasteiger partial charge < -0.3 is 4.57 Å². The average Bonchev–Trinajstić information content (AvgIpc) is 2.49. The SMILES string of the molecule is CCn1ccc2c(Br)cccc21. The molecule has 0 fully saturated rings. The largest absolute Gasteiger partial charge is 0.348 e. The fraction of sp³-hybridized carbons (Fsp3) is 0.200. The van der Waals surface area contributed by atoms with E-state index in [1.807, 2.05) is 0 Å². The minimum Gasteiger partial charge on any atom is -0.348 e. The molecule has 62 valence electrons. The van der Waals surface area contributed by atoms with Crippen LogP contribution in [0.25, 0.3) is 10.9 Å². The Hall–Kier alpha value is -0.760. The second-order valence-corrected chi connectivity index (χ2v) is 3.63. The van der Waals surface area contributed by atoms with Crippen LogP contribution in [0.5, 0.6) is 0 Å². The van der Waals surface area contributed by atoms with Gasteiger partial charge in [-0.3, -0.25) is 0 Å². The van der Waals surface area contributed by atoms with Crippen molar-refractivity contribution in [3.05, 3.63) is 34.9 Å². The smallest absolute Gasteiger partial charge is 0.0491 e. The van der Waals surface area contributed by atoms with E-state index in [1.165, 1.54) is 15.4 Å². The number of fused-ring (bicyclic) bond motifs is 1. The fourth-order valence-corrected chi connectivity index (χ4v) is 1.95. The van der Waals surface area contributed by atoms with Crippen LogP contribution in [0.4, 0.5) is 0 Å². The molecule has 0 aliphatic rings. The molecule has 0 spiro atoms. The minimum absolute atomic E-state index is 1.03. The number of aryl methyl sites for hydroxylation is 1. The van der Waals surface area contributed by atoms with Crippen molar-refractivity contribution in [2.24, 2.45) is 0 Å². The van der Waals surface area contributed by atoms with Crippen LogP contribution in [0, 0.1) is 0 Å². The summed E-state index contributed by atoms with van der Waals surface area (Å²) in [7, 11) is 0. The zero-order valence-corrected chi connectivity index (χ0v) is 8.51. The van der Waals surface area contributed by atoms with Crippen molar-refractivity contribution >= 4 is 26.8 Å². The van der Waals surface area contributed by atoms with Gasteiger partial charge in [0.15, 0.2) is 0 Å². The van der Waals surface area contributed by atoms with Crippen molar-refractivity contribution in [2.45, 2.75) is 13.5 Å². The molecule has 1 aromatic carbocycles. The molecule has 0 unspecified atom stereocenters. The molecule has 2 rings (SSSR count). The molecular weight excluding hydrogens is 214 g/mol. The average molecular weight is 224 g/mol. The first-order valence-corrected chi connectivity index (χ1v) is 4.85. The molecule has 12 heavy (non-hydrogen) atoms. The maximum atomic E-state index is 3.53. The second-order valence-electron chi connectivity index (χ2n) is 2.77. The van der Waals surface area contributed by atoms with Crippen LogP contribution in [0.15, 0.2) is 34.9 Å². The molecule has 0 atom stereocenters. The normalized spacial score (nSPS) is 10.8. The quantitative estimate of drug-likeness (QED) is 0.699. The Morgan fingerprint density at radius 2 is 2.17 bits per heavy atom. The summed E-state index contributed by atoms with van der Waals surface area (Å²) in [4.78, 5) is 0. The topological polar surface area (TPSA) is 4.93 Å². The number of hydrogen-bond acceptors (Lipinski definition) is 0. The summed E-state index contributed by atoms with van der Waals surface area (Å²) in [5.41, 5.74) is 1.30. The van der Waals surface area contributed by atoms with E-state index in [2.05, 4.69) is 57.9 Å². The number of halogens is 1. The summed E-state index contributed by atoms with van der Waals surface area (Å²) < 4.78 is 3.41. The fourth-order valence-electron chi connectivity index (χ4n) is 1.46. The first-order valence-electron chi connectivity index (χ1n) is 4.06. The van der Waals surface area contributed by atoms with Crippen molar-refractivity contribution in [1.29, 1.82) is 0 Å². The molecule has 2 aromatic rings. The van der Waals surface area contributed by atoms with E-state index in [0.717, 1.165) is 6.54 Å². The summed E-state index contributed by atoms with van der Waals surface area (Å²) >= 11 is 3.53. The Bertz CT molecular complexity index is 403. The molecule has 1 nitrogen and oxygen atoms in total. The lowest BCUT2D eigenvalue weighted by Gasteiger charge is -1.99. The first-order chi connectivity index (χ1) is 5.83. The van der Waals surface area contributed by atoms with Crippen LogP contribution in [0.2, 0.25) is 0 Å². The minimum atomic E-state index is 1.03. The summed E-state index contributed by atoms with van der Waals surface area (Å²) in [6.45, 7) is 3.18. The van der Waals surface area contributed by atoms with Gasteiger partial charge in [-0.1, -0.05) is 22.0 Å². The highest BCUT2D eigenvalue weighted by Gasteiger charge is 2.00. The highest BCUT2D eigenvalue weighted by Crippen LogP contribution is 2.24. The zero-order valence-electron chi connectivity index (χ0n) is 6.92. The molecule has 0 aliphatic heterocycles. The summed E-state index contributed by atoms with van der Waals surface area (Å²) in [5.74, 6) is 0. The lowest BCUT2D eigenvalue weighted by molar-refractivity contribution is 0.797. The first kappa shape index (κ1) is 7.87. The molecule has 0 bridgehead atoms. The van der Waals surface area contributed by atoms with Gasteiger partial charge in [0.1, 0.15) is 0 Å². The molecule has 0 aliphatic carbocycles. The third-order valence-corrected chi connectivity index (χ3v) is 2.79. The van der Waals surface area contributed by atoms with Crippen molar-refractivity contribution in [3.63, 3.8) is 0 Å². The van der Waals surface area contributed by atoms with Crippen LogP contribution in [-0.4, -0.2) is 4.57 Å². The van der Waals surface area contributed by atoms with Gasteiger partial charge in [0.05, 0.1) is 0 Å². The summed E-state index contributed by atoms with van der Waals surface area (Å²) in [6.07, 6.45) is 2.12. The summed E-state index contributed by atoms with van der Waals surface area (Å²) in [6, 6.07) is 8.42. The lowest BCUT2D eigenvalue weighted by Crippen LogP contribution is -1.89. The van der Waals surface area contributed by atoms with Crippen molar-refractivity contribution in [3.8, 4) is 0 Å². The van der Waals surface area contributed by atoms with Crippen LogP contribution in [0.3, 0.4) is 0 Å². The molecule has 1 heterocycles. The van der Waals surface area contributed by atoms with E-state index in [9.17, 15) is 0 Å². The van der Waals surface area contributed by atoms with E-state index in [-0.39, 0.29) is 0 Å². The van der Waals surface area contributed by atoms with E-state index < -0.39 is 0 Å². The van der Waals surface area contributed by atoms with Gasteiger partial charge in [-0.05, 0) is 25.1 Å². The zero-order chi connectivity index (χ0) is 8.55. The van der Waals surface area contributed by atoms with Crippen molar-refractivity contribution in [2.75, 3.05) is 0 Å². The van der Waals surface area contributed by atoms with Crippen molar-refractivity contribution in [1.82, 2.24) is 4.57 Å². The number of benzene rings is 1. The highest BCUT2D eigenvalue weighted by molar-refractivity contribution is 9.10. The van der Waals surface area contributed by atoms with Gasteiger partial charge in [-0.2, -0.15) is 0 Å². The third-order valence-electron chi connectivity index (χ3n) is 2.10. The predicted octanol–water partition coefficient (Wildman–Crippen LogP) is 3.42. The van der Waals surface area contributed by atoms with Crippen LogP contribution < -0.4 is 0 Å². The molecule has 0 amide bonds. The Labute approximate surface area is 80.1 Å². The Morgan fingerprint density at radius 3 is 2.92 bits per heavy atom. The Morgan fingerprint density at radius 1 is 1.33 bits per heavy atom. The Balaban J connectivity index is 2.80. The van der Waals surface area contributed by atoms with E-state index in [1.54, 1.807) is 0 Å². The number of nitrogens with zero attached hydrogens (tertiary/aromatic N) is 1. The van der Waals surface area contributed by atoms with Gasteiger partial charge in [0.2, 0.25) is 0 Å². The molecule has 0 radical (unpaired) electrons. The summed E-state index contributed by atoms with van der Waals surface area (Å²) in [5, 5.41) is 1.29. The van der Waals surface area contributed by atoms with Gasteiger partial charge in [0, 0.05) is 28.1 Å². The molecule has 1 aromatic heterocycles. The predicted molar refractivity (Wildman–Crippen MR) is 55.3 cm³/mol. The Kier molecular flexibility index (Phi) is 1.93. The van der Waals surface area contributed by atoms with Gasteiger partial charge >= 0.3 is 0 Å². The molecule has 0 N–H and O–H groups in total. The molecule has 0 saturated carbocycles. The third kappa shape index (κ3) is 1.07. The van der Waals surface area contributed by atoms with Gasteiger partial charge in [0.25, 0.3) is 0 Å². The lowest BCUT2D eigenvalue weighted by atomic mass is 10.2.